The van der Waals surface area contributed by atoms with Crippen molar-refractivity contribution in [1.82, 2.24) is 16.0 Å². The second-order valence-corrected chi connectivity index (χ2v) is 7.32. The molecular formula is C21H23ClN3NaO4. The topological polar surface area (TPSA) is 117 Å². The van der Waals surface area contributed by atoms with Gasteiger partial charge in [-0.3, -0.25) is 19.7 Å². The van der Waals surface area contributed by atoms with Crippen LogP contribution in [0.5, 0.6) is 0 Å². The standard InChI is InChI=1S/C21H22ClN3O4.Na.H/c22-15-8-6-13(7-9-15)10-11-23-19(26)16(12-14-4-2-1-3-5-14)24-20(27)17-18(25-17)21(28)29;;/h1-9,16-18,25H,10-12H2,(H,23,26)(H,24,27)(H,28,29);;/t16-,17-,18-;;/m0../s1. The molecule has 0 aliphatic carbocycles. The van der Waals surface area contributed by atoms with Gasteiger partial charge in [-0.25, -0.2) is 0 Å². The first-order valence-electron chi connectivity index (χ1n) is 9.29. The zero-order valence-electron chi connectivity index (χ0n) is 15.6. The van der Waals surface area contributed by atoms with E-state index in [-0.39, 0.29) is 35.5 Å². The Bertz CT molecular complexity index is 880. The van der Waals surface area contributed by atoms with Crippen LogP contribution in [0.1, 0.15) is 11.1 Å². The number of hydrogen-bond donors (Lipinski definition) is 4. The van der Waals surface area contributed by atoms with Gasteiger partial charge in [0.15, 0.2) is 0 Å². The van der Waals surface area contributed by atoms with Crippen LogP contribution < -0.4 is 16.0 Å². The van der Waals surface area contributed by atoms with Gasteiger partial charge in [0, 0.05) is 18.0 Å². The van der Waals surface area contributed by atoms with E-state index in [0.717, 1.165) is 11.1 Å². The molecule has 2 aromatic carbocycles. The Morgan fingerprint density at radius 1 is 1.00 bits per heavy atom. The van der Waals surface area contributed by atoms with Crippen LogP contribution in [-0.4, -0.2) is 77.1 Å². The fourth-order valence-corrected chi connectivity index (χ4v) is 3.13. The Morgan fingerprint density at radius 3 is 2.27 bits per heavy atom. The van der Waals surface area contributed by atoms with Crippen LogP contribution in [0.2, 0.25) is 5.02 Å². The van der Waals surface area contributed by atoms with E-state index in [1.165, 1.54) is 0 Å². The third-order valence-corrected chi connectivity index (χ3v) is 4.93. The van der Waals surface area contributed by atoms with Gasteiger partial charge in [0.1, 0.15) is 18.1 Å². The van der Waals surface area contributed by atoms with Crippen molar-refractivity contribution in [2.24, 2.45) is 0 Å². The summed E-state index contributed by atoms with van der Waals surface area (Å²) >= 11 is 5.87. The number of halogens is 1. The Hall–Kier alpha value is -1.90. The minimum atomic E-state index is -1.09. The summed E-state index contributed by atoms with van der Waals surface area (Å²) in [4.78, 5) is 36.0. The number of aliphatic carboxylic acids is 1. The first-order chi connectivity index (χ1) is 13.9. The van der Waals surface area contributed by atoms with Gasteiger partial charge in [0.25, 0.3) is 0 Å². The molecule has 0 radical (unpaired) electrons. The molecule has 1 fully saturated rings. The van der Waals surface area contributed by atoms with Crippen molar-refractivity contribution in [2.75, 3.05) is 6.54 Å². The number of nitrogens with one attached hydrogen (secondary N) is 3. The van der Waals surface area contributed by atoms with Crippen LogP contribution in [0, 0.1) is 0 Å². The second-order valence-electron chi connectivity index (χ2n) is 6.88. The van der Waals surface area contributed by atoms with Gasteiger partial charge in [-0.1, -0.05) is 54.1 Å². The molecule has 1 aliphatic heterocycles. The third kappa shape index (κ3) is 7.11. The monoisotopic (exact) mass is 439 g/mol. The van der Waals surface area contributed by atoms with Gasteiger partial charge in [-0.15, -0.1) is 0 Å². The fourth-order valence-electron chi connectivity index (χ4n) is 3.00. The van der Waals surface area contributed by atoms with Crippen LogP contribution in [0.25, 0.3) is 0 Å². The van der Waals surface area contributed by atoms with E-state index in [2.05, 4.69) is 16.0 Å². The molecule has 0 spiro atoms. The van der Waals surface area contributed by atoms with Crippen LogP contribution in [0.15, 0.2) is 54.6 Å². The molecule has 154 valence electrons. The van der Waals surface area contributed by atoms with Crippen molar-refractivity contribution >= 4 is 58.9 Å². The van der Waals surface area contributed by atoms with Gasteiger partial charge in [-0.05, 0) is 29.7 Å². The van der Waals surface area contributed by atoms with Gasteiger partial charge >= 0.3 is 35.5 Å². The second kappa shape index (κ2) is 11.5. The summed E-state index contributed by atoms with van der Waals surface area (Å²) in [5.74, 6) is -1.90. The summed E-state index contributed by atoms with van der Waals surface area (Å²) in [5.41, 5.74) is 1.93. The SMILES string of the molecule is O=C(NCCc1ccc(Cl)cc1)[C@H](Cc1ccccc1)NC(=O)[C@H]1N[C@@H]1C(=O)O.[NaH]. The molecule has 1 saturated heterocycles. The number of carbonyl (C=O) groups excluding carboxylic acids is 2. The number of benzene rings is 2. The fraction of sp³-hybridized carbons (Fsp3) is 0.286. The number of carboxylic acid groups (broad SMARTS) is 1. The quantitative estimate of drug-likeness (QED) is 0.335. The van der Waals surface area contributed by atoms with E-state index in [1.807, 2.05) is 42.5 Å². The molecule has 1 aliphatic rings. The van der Waals surface area contributed by atoms with Crippen LogP contribution >= 0.6 is 11.6 Å². The average molecular weight is 440 g/mol. The van der Waals surface area contributed by atoms with Gasteiger partial charge < -0.3 is 15.7 Å². The van der Waals surface area contributed by atoms with Crippen molar-refractivity contribution < 1.29 is 19.5 Å². The molecule has 0 bridgehead atoms. The first kappa shape index (κ1) is 24.4. The van der Waals surface area contributed by atoms with E-state index >= 15 is 0 Å². The molecule has 3 atom stereocenters. The van der Waals surface area contributed by atoms with Crippen molar-refractivity contribution in [3.63, 3.8) is 0 Å². The number of amides is 2. The van der Waals surface area contributed by atoms with Gasteiger partial charge in [-0.2, -0.15) is 0 Å². The summed E-state index contributed by atoms with van der Waals surface area (Å²) in [5, 5.41) is 17.7. The third-order valence-electron chi connectivity index (χ3n) is 4.67. The zero-order valence-corrected chi connectivity index (χ0v) is 16.4. The molecule has 1 heterocycles. The predicted octanol–water partition coefficient (Wildman–Crippen LogP) is 0.503. The number of carbonyl (C=O) groups is 3. The van der Waals surface area contributed by atoms with Crippen molar-refractivity contribution in [1.29, 1.82) is 0 Å². The van der Waals surface area contributed by atoms with Gasteiger partial charge in [0.05, 0.1) is 0 Å². The molecule has 0 unspecified atom stereocenters. The van der Waals surface area contributed by atoms with Crippen molar-refractivity contribution in [3.8, 4) is 0 Å². The summed E-state index contributed by atoms with van der Waals surface area (Å²) in [6.07, 6.45) is 0.935. The molecule has 2 amide bonds. The minimum absolute atomic E-state index is 0. The number of rotatable bonds is 9. The Balaban J connectivity index is 0.00000320. The molecule has 30 heavy (non-hydrogen) atoms. The van der Waals surface area contributed by atoms with Crippen molar-refractivity contribution in [2.45, 2.75) is 31.0 Å². The maximum atomic E-state index is 12.7. The van der Waals surface area contributed by atoms with E-state index in [4.69, 9.17) is 16.7 Å². The predicted molar refractivity (Wildman–Crippen MR) is 116 cm³/mol. The molecule has 9 heteroatoms. The first-order valence-corrected chi connectivity index (χ1v) is 9.67. The van der Waals surface area contributed by atoms with E-state index in [1.54, 1.807) is 12.1 Å². The van der Waals surface area contributed by atoms with E-state index in [0.29, 0.717) is 24.4 Å². The summed E-state index contributed by atoms with van der Waals surface area (Å²) in [6.45, 7) is 0.404. The molecule has 2 aromatic rings. The Labute approximate surface area is 201 Å². The van der Waals surface area contributed by atoms with Gasteiger partial charge in [0.2, 0.25) is 11.8 Å². The molecular weight excluding hydrogens is 417 g/mol. The summed E-state index contributed by atoms with van der Waals surface area (Å²) in [6, 6.07) is 14.2. The Morgan fingerprint density at radius 2 is 1.67 bits per heavy atom. The number of carboxylic acids is 1. The molecule has 3 rings (SSSR count). The molecule has 4 N–H and O–H groups in total. The van der Waals surface area contributed by atoms with Crippen molar-refractivity contribution in [3.05, 3.63) is 70.7 Å². The maximum absolute atomic E-state index is 12.7. The summed E-state index contributed by atoms with van der Waals surface area (Å²) in [7, 11) is 0. The van der Waals surface area contributed by atoms with E-state index in [9.17, 15) is 14.4 Å². The molecule has 7 nitrogen and oxygen atoms in total. The molecule has 0 aromatic heterocycles. The van der Waals surface area contributed by atoms with Crippen LogP contribution in [-0.2, 0) is 27.2 Å². The normalized spacial score (nSPS) is 17.9. The van der Waals surface area contributed by atoms with Crippen LogP contribution in [0.3, 0.4) is 0 Å². The Kier molecular flexibility index (Phi) is 9.33. The average Bonchev–Trinajstić information content (AvgIpc) is 3.51. The summed E-state index contributed by atoms with van der Waals surface area (Å²) < 4.78 is 0. The number of hydrogen-bond acceptors (Lipinski definition) is 4. The zero-order chi connectivity index (χ0) is 20.8. The van der Waals surface area contributed by atoms with Crippen LogP contribution in [0.4, 0.5) is 0 Å². The van der Waals surface area contributed by atoms with E-state index < -0.39 is 30.0 Å². The molecule has 0 saturated carbocycles.